The lowest BCUT2D eigenvalue weighted by atomic mass is 9.79. The molecule has 10 nitrogen and oxygen atoms in total. The standard InChI is InChI=1S/C48H59F2N7O3.2H2S/c1-53-34-51-30-39(53)32-55-28-27-54(26-20-38(35-11-3-2-4-12-35)29-44(58)36-18-21-48(49,50)22-19-36)31-40(55)33-56(43-17-9-13-37-14-10-23-52-45(37)43)24-7-8-25-57-46(59)41-15-5-6-16-42(41)47(57)60;;/h2-6,10-12,14-16,23,30,34,36,38,40,43H,7-9,13,17-22,24-29,31-33H2,1H3;2*1H2/t38-,40-,43+;;/m1../s1. The number of rotatable bonds is 17. The first kappa shape index (κ1) is 47.5. The SMILES string of the molecule is Cn1cncc1CN1CCN(CC[C@H](CC(=O)C2CCC(F)(F)CC2)c2ccccc2)C[C@@H]1CN(CCCCN1C(=O)c2ccccc2C1=O)[C@H]1CCCc2cccnc21.S.S. The third kappa shape index (κ3) is 11.2. The number of carbonyl (C=O) groups excluding carboxylic acids is 3. The minimum absolute atomic E-state index is 0. The van der Waals surface area contributed by atoms with Gasteiger partial charge in [0.05, 0.1) is 34.9 Å². The van der Waals surface area contributed by atoms with Crippen LogP contribution in [-0.4, -0.2) is 110 Å². The van der Waals surface area contributed by atoms with Gasteiger partial charge in [-0.1, -0.05) is 48.5 Å². The van der Waals surface area contributed by atoms with E-state index in [0.717, 1.165) is 94.9 Å². The number of aryl methyl sites for hydroxylation is 2. The lowest BCUT2D eigenvalue weighted by Gasteiger charge is -2.45. The molecule has 334 valence electrons. The first-order valence-electron chi connectivity index (χ1n) is 22.1. The van der Waals surface area contributed by atoms with E-state index in [1.165, 1.54) is 10.5 Å². The zero-order chi connectivity index (χ0) is 41.6. The summed E-state index contributed by atoms with van der Waals surface area (Å²) in [4.78, 5) is 58.5. The zero-order valence-corrected chi connectivity index (χ0v) is 37.9. The Kier molecular flexibility index (Phi) is 16.6. The van der Waals surface area contributed by atoms with Gasteiger partial charge < -0.3 is 9.47 Å². The molecule has 0 bridgehead atoms. The highest BCUT2D eigenvalue weighted by molar-refractivity contribution is 7.59. The van der Waals surface area contributed by atoms with E-state index in [4.69, 9.17) is 4.98 Å². The van der Waals surface area contributed by atoms with Crippen LogP contribution in [0.25, 0.3) is 0 Å². The molecule has 2 aliphatic carbocycles. The van der Waals surface area contributed by atoms with Crippen molar-refractivity contribution >= 4 is 44.6 Å². The highest BCUT2D eigenvalue weighted by Crippen LogP contribution is 2.39. The van der Waals surface area contributed by atoms with Crippen molar-refractivity contribution in [1.29, 1.82) is 0 Å². The number of amides is 2. The van der Waals surface area contributed by atoms with E-state index < -0.39 is 5.92 Å². The van der Waals surface area contributed by atoms with E-state index in [1.54, 1.807) is 24.3 Å². The summed E-state index contributed by atoms with van der Waals surface area (Å²) >= 11 is 0. The number of ketones is 1. The highest BCUT2D eigenvalue weighted by atomic mass is 32.1. The molecule has 4 heterocycles. The average Bonchev–Trinajstić information content (AvgIpc) is 3.78. The summed E-state index contributed by atoms with van der Waals surface area (Å²) in [6.45, 7) is 6.29. The predicted octanol–water partition coefficient (Wildman–Crippen LogP) is 7.94. The van der Waals surface area contributed by atoms with Gasteiger partial charge in [0, 0.05) is 89.9 Å². The summed E-state index contributed by atoms with van der Waals surface area (Å²) in [5, 5.41) is 0. The smallest absolute Gasteiger partial charge is 0.261 e. The number of aromatic nitrogens is 3. The number of nitrogens with zero attached hydrogens (tertiary/aromatic N) is 7. The summed E-state index contributed by atoms with van der Waals surface area (Å²) in [6.07, 6.45) is 11.7. The van der Waals surface area contributed by atoms with E-state index >= 15 is 0 Å². The largest absolute Gasteiger partial charge is 0.337 e. The molecule has 2 aromatic carbocycles. The molecule has 2 amide bonds. The highest BCUT2D eigenvalue weighted by Gasteiger charge is 2.39. The molecular weight excluding hydrogens is 825 g/mol. The second-order valence-electron chi connectivity index (χ2n) is 17.6. The topological polar surface area (TPSA) is 94.9 Å². The van der Waals surface area contributed by atoms with Gasteiger partial charge >= 0.3 is 0 Å². The Hall–Kier alpha value is -3.95. The van der Waals surface area contributed by atoms with Gasteiger partial charge in [0.25, 0.3) is 11.8 Å². The molecular formula is C48H63F2N7O3S2. The molecule has 4 aromatic rings. The number of fused-ring (bicyclic) bond motifs is 2. The molecule has 3 atom stereocenters. The van der Waals surface area contributed by atoms with E-state index in [1.807, 2.05) is 50.0 Å². The van der Waals surface area contributed by atoms with Gasteiger partial charge in [0.15, 0.2) is 0 Å². The Labute approximate surface area is 379 Å². The molecule has 4 aliphatic rings. The van der Waals surface area contributed by atoms with Crippen molar-refractivity contribution in [3.8, 4) is 0 Å². The van der Waals surface area contributed by atoms with Crippen LogP contribution in [0.1, 0.15) is 119 Å². The number of carbonyl (C=O) groups is 3. The third-order valence-corrected chi connectivity index (χ3v) is 13.7. The van der Waals surface area contributed by atoms with Crippen molar-refractivity contribution in [3.63, 3.8) is 0 Å². The lowest BCUT2D eigenvalue weighted by Crippen LogP contribution is -2.57. The molecule has 62 heavy (non-hydrogen) atoms. The number of alkyl halides is 2. The quantitative estimate of drug-likeness (QED) is 0.0780. The maximum Gasteiger partial charge on any atom is 0.261 e. The number of unbranched alkanes of at least 4 members (excludes halogenated alkanes) is 1. The second-order valence-corrected chi connectivity index (χ2v) is 17.6. The van der Waals surface area contributed by atoms with Gasteiger partial charge in [-0.2, -0.15) is 27.0 Å². The molecule has 14 heteroatoms. The van der Waals surface area contributed by atoms with Crippen LogP contribution in [0, 0.1) is 5.92 Å². The van der Waals surface area contributed by atoms with Crippen molar-refractivity contribution in [3.05, 3.63) is 119 Å². The Morgan fingerprint density at radius 2 is 1.63 bits per heavy atom. The lowest BCUT2D eigenvalue weighted by molar-refractivity contribution is -0.127. The van der Waals surface area contributed by atoms with Crippen LogP contribution in [-0.2, 0) is 24.8 Å². The fourth-order valence-corrected chi connectivity index (χ4v) is 10.1. The number of imide groups is 1. The maximum atomic E-state index is 14.0. The molecule has 2 aromatic heterocycles. The number of pyridine rings is 1. The van der Waals surface area contributed by atoms with Crippen molar-refractivity contribution in [2.75, 3.05) is 45.8 Å². The zero-order valence-electron chi connectivity index (χ0n) is 35.9. The van der Waals surface area contributed by atoms with E-state index in [2.05, 4.69) is 42.4 Å². The van der Waals surface area contributed by atoms with Crippen LogP contribution in [0.15, 0.2) is 85.5 Å². The fourth-order valence-electron chi connectivity index (χ4n) is 10.1. The predicted molar refractivity (Wildman–Crippen MR) is 247 cm³/mol. The minimum atomic E-state index is -2.65. The minimum Gasteiger partial charge on any atom is -0.337 e. The molecule has 2 fully saturated rings. The van der Waals surface area contributed by atoms with Crippen LogP contribution >= 0.6 is 27.0 Å². The number of benzene rings is 2. The van der Waals surface area contributed by atoms with Gasteiger partial charge in [-0.25, -0.2) is 13.8 Å². The fraction of sp³-hybridized carbons (Fsp3) is 0.521. The molecule has 0 spiro atoms. The normalized spacial score (nSPS) is 20.9. The van der Waals surface area contributed by atoms with Crippen LogP contribution < -0.4 is 0 Å². The van der Waals surface area contributed by atoms with Crippen molar-refractivity contribution < 1.29 is 23.2 Å². The Morgan fingerprint density at radius 3 is 2.34 bits per heavy atom. The second kappa shape index (κ2) is 21.6. The van der Waals surface area contributed by atoms with Gasteiger partial charge in [-0.05, 0) is 99.7 Å². The molecule has 8 rings (SSSR count). The van der Waals surface area contributed by atoms with E-state index in [0.29, 0.717) is 30.5 Å². The Balaban J connectivity index is 0.00000321. The maximum absolute atomic E-state index is 14.0. The summed E-state index contributed by atoms with van der Waals surface area (Å²) in [6, 6.07) is 21.9. The molecule has 1 saturated carbocycles. The van der Waals surface area contributed by atoms with Crippen LogP contribution in [0.5, 0.6) is 0 Å². The molecule has 0 unspecified atom stereocenters. The Morgan fingerprint density at radius 1 is 0.903 bits per heavy atom. The van der Waals surface area contributed by atoms with Crippen molar-refractivity contribution in [1.82, 2.24) is 34.1 Å². The van der Waals surface area contributed by atoms with Gasteiger partial charge in [0.2, 0.25) is 5.92 Å². The summed E-state index contributed by atoms with van der Waals surface area (Å²) in [7, 11) is 2.04. The van der Waals surface area contributed by atoms with Crippen LogP contribution in [0.4, 0.5) is 8.78 Å². The monoisotopic (exact) mass is 887 g/mol. The number of Topliss-reactive ketones (excluding diaryl/α,β-unsaturated/α-hetero) is 1. The number of hydrogen-bond acceptors (Lipinski definition) is 8. The van der Waals surface area contributed by atoms with Crippen molar-refractivity contribution in [2.24, 2.45) is 13.0 Å². The average molecular weight is 888 g/mol. The third-order valence-electron chi connectivity index (χ3n) is 13.7. The molecule has 0 N–H and O–H groups in total. The van der Waals surface area contributed by atoms with Crippen LogP contribution in [0.3, 0.4) is 0 Å². The molecule has 0 radical (unpaired) electrons. The molecule has 2 aliphatic heterocycles. The van der Waals surface area contributed by atoms with E-state index in [-0.39, 0.29) is 94.2 Å². The summed E-state index contributed by atoms with van der Waals surface area (Å²) in [5.41, 5.74) is 5.74. The number of halogens is 2. The Bertz CT molecular complexity index is 2080. The van der Waals surface area contributed by atoms with Gasteiger partial charge in [0.1, 0.15) is 5.78 Å². The van der Waals surface area contributed by atoms with Gasteiger partial charge in [-0.3, -0.25) is 34.1 Å². The number of imidazole rings is 1. The number of piperazine rings is 1. The van der Waals surface area contributed by atoms with Crippen molar-refractivity contribution in [2.45, 2.75) is 101 Å². The first-order valence-corrected chi connectivity index (χ1v) is 22.1. The summed E-state index contributed by atoms with van der Waals surface area (Å²) < 4.78 is 30.1. The summed E-state index contributed by atoms with van der Waals surface area (Å²) in [5.74, 6) is -3.20. The van der Waals surface area contributed by atoms with Gasteiger partial charge in [-0.15, -0.1) is 0 Å². The number of hydrogen-bond donors (Lipinski definition) is 0. The van der Waals surface area contributed by atoms with Crippen LogP contribution in [0.2, 0.25) is 0 Å². The van der Waals surface area contributed by atoms with E-state index in [9.17, 15) is 23.2 Å². The molecule has 1 saturated heterocycles. The first-order chi connectivity index (χ1) is 29.1.